The van der Waals surface area contributed by atoms with Crippen LogP contribution in [0.15, 0.2) is 54.6 Å². The minimum atomic E-state index is -0.140. The number of nitrogens with two attached hydrogens (primary N) is 1. The molecular weight excluding hydrogens is 210 g/mol. The molecule has 2 aromatic rings. The molecule has 0 spiro atoms. The van der Waals surface area contributed by atoms with Gasteiger partial charge in [-0.1, -0.05) is 54.6 Å². The zero-order valence-corrected chi connectivity index (χ0v) is 9.76. The van der Waals surface area contributed by atoms with E-state index in [1.165, 1.54) is 0 Å². The van der Waals surface area contributed by atoms with Gasteiger partial charge in [0.1, 0.15) is 0 Å². The summed E-state index contributed by atoms with van der Waals surface area (Å²) >= 11 is 0. The molecule has 0 aliphatic rings. The number of hydrogen-bond acceptors (Lipinski definition) is 2. The summed E-state index contributed by atoms with van der Waals surface area (Å²) in [5.74, 6) is 0.0264. The van der Waals surface area contributed by atoms with E-state index in [1.54, 1.807) is 0 Å². The number of carbonyl (C=O) groups excluding carboxylic acids is 1. The van der Waals surface area contributed by atoms with Gasteiger partial charge in [0.05, 0.1) is 0 Å². The monoisotopic (exact) mass is 225 g/mol. The van der Waals surface area contributed by atoms with Crippen LogP contribution in [0.3, 0.4) is 0 Å². The molecule has 86 valence electrons. The Morgan fingerprint density at radius 1 is 1.00 bits per heavy atom. The Morgan fingerprint density at radius 2 is 1.59 bits per heavy atom. The molecule has 0 aliphatic heterocycles. The zero-order chi connectivity index (χ0) is 12.3. The molecule has 17 heavy (non-hydrogen) atoms. The Labute approximate surface area is 101 Å². The second-order valence-electron chi connectivity index (χ2n) is 4.07. The molecule has 2 N–H and O–H groups in total. The Bertz CT molecular complexity index is 517. The van der Waals surface area contributed by atoms with Crippen LogP contribution in [0.1, 0.15) is 34.5 Å². The second kappa shape index (κ2) is 4.93. The standard InChI is InChI=1S/C15H15NO/c1-11(16)13-9-5-6-10-14(13)15(17)12-7-3-2-4-8-12/h2-11H,16H2,1H3/t11-/m1/s1. The van der Waals surface area contributed by atoms with E-state index in [2.05, 4.69) is 0 Å². The lowest BCUT2D eigenvalue weighted by Crippen LogP contribution is -2.12. The number of hydrogen-bond donors (Lipinski definition) is 1. The molecule has 0 saturated heterocycles. The van der Waals surface area contributed by atoms with Crippen LogP contribution in [-0.4, -0.2) is 5.78 Å². The topological polar surface area (TPSA) is 43.1 Å². The Morgan fingerprint density at radius 3 is 2.24 bits per heavy atom. The van der Waals surface area contributed by atoms with Crippen LogP contribution in [0.5, 0.6) is 0 Å². The first-order valence-corrected chi connectivity index (χ1v) is 5.64. The zero-order valence-electron chi connectivity index (χ0n) is 9.76. The van der Waals surface area contributed by atoms with Gasteiger partial charge < -0.3 is 5.73 Å². The van der Waals surface area contributed by atoms with Crippen LogP contribution in [0, 0.1) is 0 Å². The maximum Gasteiger partial charge on any atom is 0.193 e. The van der Waals surface area contributed by atoms with Crippen molar-refractivity contribution < 1.29 is 4.79 Å². The van der Waals surface area contributed by atoms with Gasteiger partial charge in [-0.25, -0.2) is 0 Å². The third-order valence-electron chi connectivity index (χ3n) is 2.73. The largest absolute Gasteiger partial charge is 0.324 e. The van der Waals surface area contributed by atoms with Crippen molar-refractivity contribution in [1.82, 2.24) is 0 Å². The van der Waals surface area contributed by atoms with Crippen molar-refractivity contribution >= 4 is 5.78 Å². The normalized spacial score (nSPS) is 12.1. The number of carbonyl (C=O) groups is 1. The van der Waals surface area contributed by atoms with Gasteiger partial charge in [0, 0.05) is 17.2 Å². The summed E-state index contributed by atoms with van der Waals surface area (Å²) in [6.45, 7) is 1.89. The maximum atomic E-state index is 12.3. The number of rotatable bonds is 3. The quantitative estimate of drug-likeness (QED) is 0.816. The molecule has 1 atom stereocenters. The van der Waals surface area contributed by atoms with Crippen molar-refractivity contribution in [3.8, 4) is 0 Å². The lowest BCUT2D eigenvalue weighted by atomic mass is 9.95. The van der Waals surface area contributed by atoms with Crippen molar-refractivity contribution in [1.29, 1.82) is 0 Å². The SMILES string of the molecule is C[C@@H](N)c1ccccc1C(=O)c1ccccc1. The van der Waals surface area contributed by atoms with Gasteiger partial charge in [0.2, 0.25) is 0 Å². The van der Waals surface area contributed by atoms with Crippen LogP contribution in [0.2, 0.25) is 0 Å². The average Bonchev–Trinajstić information content (AvgIpc) is 2.39. The van der Waals surface area contributed by atoms with Crippen LogP contribution in [0.25, 0.3) is 0 Å². The van der Waals surface area contributed by atoms with E-state index < -0.39 is 0 Å². The molecule has 0 unspecified atom stereocenters. The third kappa shape index (κ3) is 2.43. The van der Waals surface area contributed by atoms with Crippen molar-refractivity contribution in [2.24, 2.45) is 5.73 Å². The lowest BCUT2D eigenvalue weighted by molar-refractivity contribution is 0.103. The molecule has 0 aliphatic carbocycles. The third-order valence-corrected chi connectivity index (χ3v) is 2.73. The lowest BCUT2D eigenvalue weighted by Gasteiger charge is -2.11. The van der Waals surface area contributed by atoms with Crippen molar-refractivity contribution in [3.63, 3.8) is 0 Å². The van der Waals surface area contributed by atoms with Crippen LogP contribution in [-0.2, 0) is 0 Å². The van der Waals surface area contributed by atoms with Gasteiger partial charge in [-0.15, -0.1) is 0 Å². The Hall–Kier alpha value is -1.93. The molecule has 2 heteroatoms. The molecule has 0 bridgehead atoms. The molecule has 0 radical (unpaired) electrons. The first-order chi connectivity index (χ1) is 8.20. The van der Waals surface area contributed by atoms with Gasteiger partial charge in [0.25, 0.3) is 0 Å². The Kier molecular flexibility index (Phi) is 3.35. The highest BCUT2D eigenvalue weighted by Crippen LogP contribution is 2.19. The van der Waals surface area contributed by atoms with Crippen molar-refractivity contribution in [2.75, 3.05) is 0 Å². The molecule has 0 heterocycles. The molecule has 0 aromatic heterocycles. The van der Waals surface area contributed by atoms with E-state index in [0.717, 1.165) is 5.56 Å². The van der Waals surface area contributed by atoms with Crippen molar-refractivity contribution in [2.45, 2.75) is 13.0 Å². The fourth-order valence-corrected chi connectivity index (χ4v) is 1.85. The minimum absolute atomic E-state index is 0.0264. The highest BCUT2D eigenvalue weighted by atomic mass is 16.1. The number of ketones is 1. The second-order valence-corrected chi connectivity index (χ2v) is 4.07. The summed E-state index contributed by atoms with van der Waals surface area (Å²) in [7, 11) is 0. The van der Waals surface area contributed by atoms with Gasteiger partial charge in [0.15, 0.2) is 5.78 Å². The predicted molar refractivity (Wildman–Crippen MR) is 68.9 cm³/mol. The molecule has 2 nitrogen and oxygen atoms in total. The maximum absolute atomic E-state index is 12.3. The molecule has 0 saturated carbocycles. The van der Waals surface area contributed by atoms with E-state index in [-0.39, 0.29) is 11.8 Å². The molecular formula is C15H15NO. The van der Waals surface area contributed by atoms with Gasteiger partial charge in [-0.2, -0.15) is 0 Å². The van der Waals surface area contributed by atoms with Gasteiger partial charge >= 0.3 is 0 Å². The number of benzene rings is 2. The smallest absolute Gasteiger partial charge is 0.193 e. The molecule has 0 amide bonds. The summed E-state index contributed by atoms with van der Waals surface area (Å²) in [5, 5.41) is 0. The molecule has 2 aromatic carbocycles. The van der Waals surface area contributed by atoms with E-state index in [9.17, 15) is 4.79 Å². The minimum Gasteiger partial charge on any atom is -0.324 e. The van der Waals surface area contributed by atoms with Crippen LogP contribution >= 0.6 is 0 Å². The fourth-order valence-electron chi connectivity index (χ4n) is 1.85. The van der Waals surface area contributed by atoms with E-state index in [0.29, 0.717) is 11.1 Å². The molecule has 2 rings (SSSR count). The van der Waals surface area contributed by atoms with Gasteiger partial charge in [-0.05, 0) is 12.5 Å². The first kappa shape index (κ1) is 11.6. The summed E-state index contributed by atoms with van der Waals surface area (Å²) in [6.07, 6.45) is 0. The highest BCUT2D eigenvalue weighted by Gasteiger charge is 2.14. The molecule has 0 fully saturated rings. The van der Waals surface area contributed by atoms with E-state index in [1.807, 2.05) is 61.5 Å². The van der Waals surface area contributed by atoms with Crippen LogP contribution in [0.4, 0.5) is 0 Å². The summed E-state index contributed by atoms with van der Waals surface area (Å²) in [5.41, 5.74) is 8.15. The van der Waals surface area contributed by atoms with Crippen LogP contribution < -0.4 is 5.73 Å². The van der Waals surface area contributed by atoms with E-state index in [4.69, 9.17) is 5.73 Å². The summed E-state index contributed by atoms with van der Waals surface area (Å²) < 4.78 is 0. The summed E-state index contributed by atoms with van der Waals surface area (Å²) in [6, 6.07) is 16.6. The average molecular weight is 225 g/mol. The fraction of sp³-hybridized carbons (Fsp3) is 0.133. The van der Waals surface area contributed by atoms with Crippen molar-refractivity contribution in [3.05, 3.63) is 71.3 Å². The highest BCUT2D eigenvalue weighted by molar-refractivity contribution is 6.09. The first-order valence-electron chi connectivity index (χ1n) is 5.64. The summed E-state index contributed by atoms with van der Waals surface area (Å²) in [4.78, 5) is 12.3. The Balaban J connectivity index is 2.45. The predicted octanol–water partition coefficient (Wildman–Crippen LogP) is 2.94. The van der Waals surface area contributed by atoms with Gasteiger partial charge in [-0.3, -0.25) is 4.79 Å². The van der Waals surface area contributed by atoms with E-state index >= 15 is 0 Å².